The highest BCUT2D eigenvalue weighted by atomic mass is 79.9. The van der Waals surface area contributed by atoms with E-state index in [1.807, 2.05) is 43.5 Å². The molecule has 4 aromatic rings. The molecule has 0 spiro atoms. The van der Waals surface area contributed by atoms with Gasteiger partial charge < -0.3 is 24.2 Å². The Morgan fingerprint density at radius 1 is 1.07 bits per heavy atom. The van der Waals surface area contributed by atoms with Crippen molar-refractivity contribution >= 4 is 65.8 Å². The van der Waals surface area contributed by atoms with Gasteiger partial charge in [-0.2, -0.15) is 0 Å². The summed E-state index contributed by atoms with van der Waals surface area (Å²) in [5.41, 5.74) is 2.93. The summed E-state index contributed by atoms with van der Waals surface area (Å²) in [5, 5.41) is 5.08. The van der Waals surface area contributed by atoms with E-state index in [0.717, 1.165) is 33.0 Å². The predicted molar refractivity (Wildman–Crippen MR) is 163 cm³/mol. The number of amides is 1. The zero-order chi connectivity index (χ0) is 29.2. The highest BCUT2D eigenvalue weighted by molar-refractivity contribution is 9.12. The van der Waals surface area contributed by atoms with Gasteiger partial charge in [-0.25, -0.2) is 14.4 Å². The van der Waals surface area contributed by atoms with Crippen molar-refractivity contribution in [1.29, 1.82) is 0 Å². The van der Waals surface area contributed by atoms with Crippen LogP contribution in [0.15, 0.2) is 51.8 Å². The van der Waals surface area contributed by atoms with Crippen LogP contribution in [0.25, 0.3) is 21.9 Å². The Bertz CT molecular complexity index is 1620. The third-order valence-corrected chi connectivity index (χ3v) is 8.68. The van der Waals surface area contributed by atoms with Crippen LogP contribution in [0.1, 0.15) is 43.0 Å². The summed E-state index contributed by atoms with van der Waals surface area (Å²) in [6.07, 6.45) is 1.79. The maximum absolute atomic E-state index is 13.8. The molecule has 0 aliphatic rings. The summed E-state index contributed by atoms with van der Waals surface area (Å²) < 4.78 is 17.0. The van der Waals surface area contributed by atoms with Gasteiger partial charge in [0, 0.05) is 50.7 Å². The van der Waals surface area contributed by atoms with Gasteiger partial charge >= 0.3 is 17.7 Å². The van der Waals surface area contributed by atoms with Gasteiger partial charge in [0.05, 0.1) is 0 Å². The molecule has 4 rings (SSSR count). The lowest BCUT2D eigenvalue weighted by atomic mass is 9.99. The van der Waals surface area contributed by atoms with Crippen LogP contribution in [0, 0.1) is 13.8 Å². The summed E-state index contributed by atoms with van der Waals surface area (Å²) in [4.78, 5) is 42.0. The van der Waals surface area contributed by atoms with Crippen LogP contribution in [0.5, 0.6) is 5.75 Å². The number of aromatic amines is 1. The van der Waals surface area contributed by atoms with Crippen LogP contribution in [-0.4, -0.2) is 38.8 Å². The first-order chi connectivity index (χ1) is 18.9. The molecule has 2 aromatic carbocycles. The number of fused-ring (bicyclic) bond motifs is 2. The van der Waals surface area contributed by atoms with Crippen LogP contribution >= 0.6 is 31.9 Å². The van der Waals surface area contributed by atoms with Crippen LogP contribution in [0.3, 0.4) is 0 Å². The molecule has 2 aromatic heterocycles. The van der Waals surface area contributed by atoms with Gasteiger partial charge in [0.25, 0.3) is 0 Å². The van der Waals surface area contributed by atoms with Gasteiger partial charge in [0.2, 0.25) is 0 Å². The minimum atomic E-state index is -1.06. The van der Waals surface area contributed by atoms with E-state index >= 15 is 0 Å². The highest BCUT2D eigenvalue weighted by Gasteiger charge is 2.29. The Kier molecular flexibility index (Phi) is 9.09. The molecular formula is C30H32Br2N2O6. The maximum Gasteiger partial charge on any atom is 0.408 e. The minimum Gasteiger partial charge on any atom is -0.444 e. The average Bonchev–Trinajstić information content (AvgIpc) is 3.28. The number of alkyl carbamates (subject to hydrolysis) is 1. The van der Waals surface area contributed by atoms with E-state index in [1.165, 1.54) is 6.07 Å². The number of carbonyl (C=O) groups is 2. The number of ether oxygens (including phenoxy) is 2. The van der Waals surface area contributed by atoms with Gasteiger partial charge in [0.1, 0.15) is 23.0 Å². The first-order valence-electron chi connectivity index (χ1n) is 12.9. The van der Waals surface area contributed by atoms with E-state index in [4.69, 9.17) is 13.9 Å². The standard InChI is InChI=1S/C30H32Br2N2O6/c1-16-10-25(35)38-27-17(2)26(18(12-22(16)27)11-20(32)14-31)39-28(36)24(34-29(37)40-30(3,4)5)13-19-15-33-23-9-7-6-8-21(19)23/h6-10,12,15,20,24,33H,11,13-14H2,1-5H3,(H,34,37)/t20-,24-/m0/s1. The van der Waals surface area contributed by atoms with Crippen molar-refractivity contribution in [2.24, 2.45) is 0 Å². The normalized spacial score (nSPS) is 13.3. The van der Waals surface area contributed by atoms with Crippen molar-refractivity contribution in [3.63, 3.8) is 0 Å². The predicted octanol–water partition coefficient (Wildman–Crippen LogP) is 6.63. The van der Waals surface area contributed by atoms with Crippen molar-refractivity contribution in [1.82, 2.24) is 10.3 Å². The third-order valence-electron chi connectivity index (χ3n) is 6.38. The van der Waals surface area contributed by atoms with Crippen molar-refractivity contribution in [2.75, 3.05) is 5.33 Å². The number of alkyl halides is 2. The van der Waals surface area contributed by atoms with Crippen LogP contribution in [-0.2, 0) is 22.4 Å². The van der Waals surface area contributed by atoms with E-state index in [1.54, 1.807) is 27.7 Å². The number of H-pyrrole nitrogens is 1. The quantitative estimate of drug-likeness (QED) is 0.0939. The summed E-state index contributed by atoms with van der Waals surface area (Å²) in [6, 6.07) is 9.98. The first-order valence-corrected chi connectivity index (χ1v) is 14.9. The molecule has 0 aliphatic carbocycles. The van der Waals surface area contributed by atoms with Gasteiger partial charge in [-0.15, -0.1) is 0 Å². The number of aromatic nitrogens is 1. The molecule has 0 bridgehead atoms. The van der Waals surface area contributed by atoms with Crippen LogP contribution in [0.2, 0.25) is 0 Å². The fourth-order valence-corrected chi connectivity index (χ4v) is 5.16. The van der Waals surface area contributed by atoms with E-state index in [9.17, 15) is 14.4 Å². The molecule has 0 unspecified atom stereocenters. The third kappa shape index (κ3) is 6.96. The van der Waals surface area contributed by atoms with Gasteiger partial charge in [0.15, 0.2) is 0 Å². The lowest BCUT2D eigenvalue weighted by Gasteiger charge is -2.24. The Morgan fingerprint density at radius 2 is 1.80 bits per heavy atom. The smallest absolute Gasteiger partial charge is 0.408 e. The number of aryl methyl sites for hydroxylation is 2. The summed E-state index contributed by atoms with van der Waals surface area (Å²) in [7, 11) is 0. The fourth-order valence-electron chi connectivity index (χ4n) is 4.58. The van der Waals surface area contributed by atoms with Crippen molar-refractivity contribution in [3.05, 3.63) is 75.3 Å². The molecule has 2 N–H and O–H groups in total. The number of hydrogen-bond donors (Lipinski definition) is 2. The second-order valence-corrected chi connectivity index (χ2v) is 12.7. The number of para-hydroxylation sites is 1. The van der Waals surface area contributed by atoms with Gasteiger partial charge in [-0.05, 0) is 69.9 Å². The number of carbonyl (C=O) groups excluding carboxylic acids is 2. The molecule has 2 heterocycles. The van der Waals surface area contributed by atoms with Crippen molar-refractivity contribution in [2.45, 2.75) is 63.9 Å². The zero-order valence-electron chi connectivity index (χ0n) is 23.0. The number of nitrogens with one attached hydrogen (secondary N) is 2. The van der Waals surface area contributed by atoms with Gasteiger partial charge in [-0.3, -0.25) is 0 Å². The second-order valence-electron chi connectivity index (χ2n) is 10.8. The molecule has 0 fully saturated rings. The summed E-state index contributed by atoms with van der Waals surface area (Å²) in [5.74, 6) is -0.369. The Morgan fingerprint density at radius 3 is 2.50 bits per heavy atom. The second kappa shape index (κ2) is 12.2. The lowest BCUT2D eigenvalue weighted by molar-refractivity contribution is -0.136. The van der Waals surface area contributed by atoms with E-state index in [0.29, 0.717) is 28.6 Å². The SMILES string of the molecule is Cc1cc(=O)oc2c(C)c(OC(=O)[C@H](Cc3c[nH]c4ccccc34)NC(=O)OC(C)(C)C)c(C[C@H](Br)CBr)cc12. The van der Waals surface area contributed by atoms with Crippen LogP contribution in [0.4, 0.5) is 4.79 Å². The monoisotopic (exact) mass is 674 g/mol. The minimum absolute atomic E-state index is 0.0553. The molecule has 212 valence electrons. The number of hydrogen-bond acceptors (Lipinski definition) is 6. The van der Waals surface area contributed by atoms with E-state index in [-0.39, 0.29) is 11.2 Å². The maximum atomic E-state index is 13.8. The summed E-state index contributed by atoms with van der Waals surface area (Å²) >= 11 is 7.14. The molecule has 0 aliphatic heterocycles. The lowest BCUT2D eigenvalue weighted by Crippen LogP contribution is -2.46. The molecule has 0 saturated carbocycles. The molecule has 8 nitrogen and oxygen atoms in total. The highest BCUT2D eigenvalue weighted by Crippen LogP contribution is 2.35. The topological polar surface area (TPSA) is 111 Å². The largest absolute Gasteiger partial charge is 0.444 e. The summed E-state index contributed by atoms with van der Waals surface area (Å²) in [6.45, 7) is 8.85. The number of benzene rings is 2. The Labute approximate surface area is 249 Å². The van der Waals surface area contributed by atoms with Crippen molar-refractivity contribution in [3.8, 4) is 5.75 Å². The molecule has 0 radical (unpaired) electrons. The molecule has 1 amide bonds. The zero-order valence-corrected chi connectivity index (χ0v) is 26.2. The van der Waals surface area contributed by atoms with Crippen LogP contribution < -0.4 is 15.7 Å². The molecule has 40 heavy (non-hydrogen) atoms. The molecule has 10 heteroatoms. The Hall–Kier alpha value is -3.11. The number of halogens is 2. The van der Waals surface area contributed by atoms with Crippen molar-refractivity contribution < 1.29 is 23.5 Å². The van der Waals surface area contributed by atoms with E-state index in [2.05, 4.69) is 42.2 Å². The Balaban J connectivity index is 1.75. The number of rotatable bonds is 8. The molecule has 2 atom stereocenters. The fraction of sp³-hybridized carbons (Fsp3) is 0.367. The number of esters is 1. The van der Waals surface area contributed by atoms with E-state index < -0.39 is 29.3 Å². The first kappa shape index (κ1) is 29.9. The van der Waals surface area contributed by atoms with Gasteiger partial charge in [-0.1, -0.05) is 50.1 Å². The average molecular weight is 676 g/mol. The molecular weight excluding hydrogens is 644 g/mol. The molecule has 0 saturated heterocycles.